The van der Waals surface area contributed by atoms with Crippen molar-refractivity contribution < 1.29 is 27.8 Å². The molecule has 1 aromatic rings. The Morgan fingerprint density at radius 2 is 2.00 bits per heavy atom. The molecule has 0 aliphatic carbocycles. The summed E-state index contributed by atoms with van der Waals surface area (Å²) in [5.41, 5.74) is 0.0314. The van der Waals surface area contributed by atoms with Crippen LogP contribution in [0.25, 0.3) is 0 Å². The first-order valence-corrected chi connectivity index (χ1v) is 7.49. The van der Waals surface area contributed by atoms with E-state index in [0.717, 1.165) is 0 Å². The lowest BCUT2D eigenvalue weighted by molar-refractivity contribution is -0.153. The quantitative estimate of drug-likeness (QED) is 0.706. The number of anilines is 1. The fraction of sp³-hybridized carbons (Fsp3) is 0.562. The van der Waals surface area contributed by atoms with E-state index in [9.17, 15) is 23.1 Å². The lowest BCUT2D eigenvalue weighted by Crippen LogP contribution is -2.38. The van der Waals surface area contributed by atoms with Gasteiger partial charge in [0.2, 0.25) is 0 Å². The maximum atomic E-state index is 12.1. The number of carbonyl (C=O) groups is 1. The van der Waals surface area contributed by atoms with E-state index in [1.807, 2.05) is 13.8 Å². The second-order valence-electron chi connectivity index (χ2n) is 6.46. The molecule has 0 spiro atoms. The molecule has 1 aromatic carbocycles. The predicted molar refractivity (Wildman–Crippen MR) is 85.1 cm³/mol. The van der Waals surface area contributed by atoms with E-state index in [-0.39, 0.29) is 11.2 Å². The van der Waals surface area contributed by atoms with Crippen molar-refractivity contribution in [1.29, 1.82) is 0 Å². The molecule has 5 nitrogen and oxygen atoms in total. The number of hydrogen-bond donors (Lipinski definition) is 3. The molecule has 0 saturated carbocycles. The van der Waals surface area contributed by atoms with Gasteiger partial charge in [-0.1, -0.05) is 19.9 Å². The minimum atomic E-state index is -4.42. The van der Waals surface area contributed by atoms with Crippen LogP contribution >= 0.6 is 0 Å². The number of halogens is 3. The van der Waals surface area contributed by atoms with Crippen LogP contribution in [0.3, 0.4) is 0 Å². The Balaban J connectivity index is 2.52. The summed E-state index contributed by atoms with van der Waals surface area (Å²) in [5, 5.41) is 14.6. The Morgan fingerprint density at radius 1 is 1.33 bits per heavy atom. The molecule has 0 saturated heterocycles. The van der Waals surface area contributed by atoms with E-state index in [1.165, 1.54) is 18.2 Å². The number of benzene rings is 1. The first kappa shape index (κ1) is 20.1. The zero-order chi connectivity index (χ0) is 18.4. The van der Waals surface area contributed by atoms with Crippen molar-refractivity contribution in [2.45, 2.75) is 39.5 Å². The second kappa shape index (κ2) is 8.23. The molecule has 1 rings (SSSR count). The van der Waals surface area contributed by atoms with Crippen LogP contribution in [-0.2, 0) is 0 Å². The Bertz CT molecular complexity index is 546. The van der Waals surface area contributed by atoms with E-state index in [4.69, 9.17) is 0 Å². The Morgan fingerprint density at radius 3 is 2.58 bits per heavy atom. The molecule has 0 fully saturated rings. The molecule has 0 heterocycles. The van der Waals surface area contributed by atoms with Crippen molar-refractivity contribution in [3.8, 4) is 5.75 Å². The normalized spacial score (nSPS) is 13.3. The van der Waals surface area contributed by atoms with Crippen molar-refractivity contribution >= 4 is 11.7 Å². The number of aliphatic hydroxyl groups excluding tert-OH is 1. The monoisotopic (exact) mass is 348 g/mol. The highest BCUT2D eigenvalue weighted by molar-refractivity contribution is 5.89. The molecule has 1 unspecified atom stereocenters. The fourth-order valence-corrected chi connectivity index (χ4v) is 2.20. The molecule has 0 radical (unpaired) electrons. The average molecular weight is 348 g/mol. The highest BCUT2D eigenvalue weighted by Gasteiger charge is 2.28. The minimum Gasteiger partial charge on any atom is -0.484 e. The van der Waals surface area contributed by atoms with Gasteiger partial charge in [-0.15, -0.1) is 0 Å². The van der Waals surface area contributed by atoms with Gasteiger partial charge < -0.3 is 20.5 Å². The maximum Gasteiger partial charge on any atom is 0.422 e. The first-order chi connectivity index (χ1) is 11.0. The molecule has 136 valence electrons. The van der Waals surface area contributed by atoms with Gasteiger partial charge in [0.1, 0.15) is 5.75 Å². The minimum absolute atomic E-state index is 0.0135. The van der Waals surface area contributed by atoms with E-state index < -0.39 is 24.9 Å². The molecule has 0 aromatic heterocycles. The molecule has 0 aliphatic rings. The number of aliphatic hydroxyl groups is 1. The van der Waals surface area contributed by atoms with E-state index >= 15 is 0 Å². The number of nitrogens with one attached hydrogen (secondary N) is 2. The van der Waals surface area contributed by atoms with Gasteiger partial charge >= 0.3 is 12.2 Å². The number of alkyl halides is 3. The Kier molecular flexibility index (Phi) is 6.89. The average Bonchev–Trinajstić information content (AvgIpc) is 2.41. The van der Waals surface area contributed by atoms with Crippen molar-refractivity contribution in [3.63, 3.8) is 0 Å². The van der Waals surface area contributed by atoms with Crippen molar-refractivity contribution in [3.05, 3.63) is 24.3 Å². The fourth-order valence-electron chi connectivity index (χ4n) is 2.20. The highest BCUT2D eigenvalue weighted by atomic mass is 19.4. The van der Waals surface area contributed by atoms with Crippen molar-refractivity contribution in [2.75, 3.05) is 18.5 Å². The summed E-state index contributed by atoms with van der Waals surface area (Å²) in [5.74, 6) is 0.0135. The Labute approximate surface area is 139 Å². The van der Waals surface area contributed by atoms with Gasteiger partial charge in [0, 0.05) is 18.3 Å². The summed E-state index contributed by atoms with van der Waals surface area (Å²) >= 11 is 0. The second-order valence-corrected chi connectivity index (χ2v) is 6.46. The van der Waals surface area contributed by atoms with E-state index in [2.05, 4.69) is 15.4 Å². The summed E-state index contributed by atoms with van der Waals surface area (Å²) < 4.78 is 41.0. The van der Waals surface area contributed by atoms with Gasteiger partial charge in [0.15, 0.2) is 6.61 Å². The van der Waals surface area contributed by atoms with Gasteiger partial charge in [-0.2, -0.15) is 13.2 Å². The van der Waals surface area contributed by atoms with Gasteiger partial charge in [-0.3, -0.25) is 0 Å². The molecule has 24 heavy (non-hydrogen) atoms. The molecule has 0 aliphatic heterocycles. The molecular formula is C16H23F3N2O3. The van der Waals surface area contributed by atoms with Crippen molar-refractivity contribution in [1.82, 2.24) is 5.32 Å². The van der Waals surface area contributed by atoms with Crippen LogP contribution in [0.1, 0.15) is 27.2 Å². The van der Waals surface area contributed by atoms with Crippen LogP contribution < -0.4 is 15.4 Å². The first-order valence-electron chi connectivity index (χ1n) is 7.49. The molecule has 2 amide bonds. The van der Waals surface area contributed by atoms with Crippen molar-refractivity contribution in [2.24, 2.45) is 5.41 Å². The molecule has 1 atom stereocenters. The van der Waals surface area contributed by atoms with Gasteiger partial charge in [-0.25, -0.2) is 4.79 Å². The van der Waals surface area contributed by atoms with Gasteiger partial charge in [0.05, 0.1) is 6.10 Å². The van der Waals surface area contributed by atoms with Crippen LogP contribution in [0, 0.1) is 5.41 Å². The van der Waals surface area contributed by atoms with Crippen LogP contribution in [0.4, 0.5) is 23.7 Å². The smallest absolute Gasteiger partial charge is 0.422 e. The van der Waals surface area contributed by atoms with Gasteiger partial charge in [0.25, 0.3) is 0 Å². The number of urea groups is 1. The summed E-state index contributed by atoms with van der Waals surface area (Å²) in [7, 11) is 0. The highest BCUT2D eigenvalue weighted by Crippen LogP contribution is 2.22. The predicted octanol–water partition coefficient (Wildman–Crippen LogP) is 3.55. The summed E-state index contributed by atoms with van der Waals surface area (Å²) in [4.78, 5) is 11.9. The number of ether oxygens (including phenoxy) is 1. The largest absolute Gasteiger partial charge is 0.484 e. The van der Waals surface area contributed by atoms with Crippen LogP contribution in [0.2, 0.25) is 0 Å². The molecule has 8 heteroatoms. The maximum absolute atomic E-state index is 12.1. The number of carbonyl (C=O) groups excluding carboxylic acids is 1. The number of rotatable bonds is 7. The van der Waals surface area contributed by atoms with Crippen LogP contribution in [0.15, 0.2) is 24.3 Å². The van der Waals surface area contributed by atoms with Gasteiger partial charge in [-0.05, 0) is 30.9 Å². The third kappa shape index (κ3) is 8.61. The zero-order valence-electron chi connectivity index (χ0n) is 13.9. The van der Waals surface area contributed by atoms with E-state index in [0.29, 0.717) is 18.7 Å². The number of amides is 2. The zero-order valence-corrected chi connectivity index (χ0v) is 13.9. The summed E-state index contributed by atoms with van der Waals surface area (Å²) in [6.45, 7) is 4.44. The summed E-state index contributed by atoms with van der Waals surface area (Å²) in [6, 6.07) is 5.23. The van der Waals surface area contributed by atoms with E-state index in [1.54, 1.807) is 13.0 Å². The van der Waals surface area contributed by atoms with Crippen LogP contribution in [-0.4, -0.2) is 36.6 Å². The number of hydrogen-bond acceptors (Lipinski definition) is 3. The Hall–Kier alpha value is -1.96. The molecule has 3 N–H and O–H groups in total. The SMILES string of the molecule is CC(O)CC(C)(C)CNC(=O)Nc1cccc(OCC(F)(F)F)c1. The third-order valence-electron chi connectivity index (χ3n) is 3.07. The molecular weight excluding hydrogens is 325 g/mol. The van der Waals surface area contributed by atoms with Crippen LogP contribution in [0.5, 0.6) is 5.75 Å². The summed E-state index contributed by atoms with van der Waals surface area (Å²) in [6.07, 6.45) is -4.38. The lowest BCUT2D eigenvalue weighted by atomic mass is 9.87. The topological polar surface area (TPSA) is 70.6 Å². The lowest BCUT2D eigenvalue weighted by Gasteiger charge is -2.26. The third-order valence-corrected chi connectivity index (χ3v) is 3.07. The standard InChI is InChI=1S/C16H23F3N2O3/c1-11(22)8-15(2,3)9-20-14(23)21-12-5-4-6-13(7-12)24-10-16(17,18)19/h4-7,11,22H,8-10H2,1-3H3,(H2,20,21,23). The molecule has 0 bridgehead atoms.